The summed E-state index contributed by atoms with van der Waals surface area (Å²) in [4.78, 5) is 10.6. The van der Waals surface area contributed by atoms with E-state index in [1.165, 1.54) is 18.3 Å². The summed E-state index contributed by atoms with van der Waals surface area (Å²) in [7, 11) is -4.02. The van der Waals surface area contributed by atoms with Gasteiger partial charge in [0.2, 0.25) is 0 Å². The second kappa shape index (κ2) is 9.27. The molecule has 0 aromatic heterocycles. The fourth-order valence-corrected chi connectivity index (χ4v) is 4.34. The smallest absolute Gasteiger partial charge is 0.279 e. The predicted octanol–water partition coefficient (Wildman–Crippen LogP) is 5.22. The van der Waals surface area contributed by atoms with Gasteiger partial charge in [-0.25, -0.2) is 8.42 Å². The number of benzene rings is 3. The normalized spacial score (nSPS) is 11.5. The summed E-state index contributed by atoms with van der Waals surface area (Å²) in [5, 5.41) is 15.5. The van der Waals surface area contributed by atoms with Crippen LogP contribution >= 0.6 is 15.9 Å². The number of hydrazone groups is 1. The van der Waals surface area contributed by atoms with Gasteiger partial charge in [-0.2, -0.15) is 5.10 Å². The second-order valence-electron chi connectivity index (χ2n) is 6.75. The molecule has 0 unspecified atom stereocenters. The van der Waals surface area contributed by atoms with Crippen LogP contribution in [-0.2, 0) is 10.0 Å². The fraction of sp³-hybridized carbons (Fsp3) is 0.0952. The number of anilines is 2. The third-order valence-electron chi connectivity index (χ3n) is 4.40. The molecule has 0 amide bonds. The minimum absolute atomic E-state index is 0.0683. The van der Waals surface area contributed by atoms with Crippen molar-refractivity contribution >= 4 is 49.2 Å². The molecule has 10 heteroatoms. The summed E-state index contributed by atoms with van der Waals surface area (Å²) in [6.07, 6.45) is 1.50. The maximum atomic E-state index is 12.8. The summed E-state index contributed by atoms with van der Waals surface area (Å²) in [6, 6.07) is 16.2. The SMILES string of the molecule is Cc1ccc(NS(=O)(=O)c2ccc(N/N=C\c3ccccc3Br)c([N+](=O)[O-])c2)c(C)c1. The Kier molecular flexibility index (Phi) is 6.71. The molecule has 0 atom stereocenters. The first kappa shape index (κ1) is 22.4. The van der Waals surface area contributed by atoms with Gasteiger partial charge < -0.3 is 0 Å². The highest BCUT2D eigenvalue weighted by molar-refractivity contribution is 9.10. The Morgan fingerprint density at radius 2 is 1.74 bits per heavy atom. The quantitative estimate of drug-likeness (QED) is 0.261. The van der Waals surface area contributed by atoms with Crippen molar-refractivity contribution in [3.8, 4) is 0 Å². The van der Waals surface area contributed by atoms with E-state index < -0.39 is 20.6 Å². The molecular weight excluding hydrogens is 484 g/mol. The average Bonchev–Trinajstić information content (AvgIpc) is 2.71. The molecule has 2 N–H and O–H groups in total. The predicted molar refractivity (Wildman–Crippen MR) is 125 cm³/mol. The summed E-state index contributed by atoms with van der Waals surface area (Å²) in [5.74, 6) is 0. The van der Waals surface area contributed by atoms with Crippen molar-refractivity contribution in [2.24, 2.45) is 5.10 Å². The third kappa shape index (κ3) is 5.47. The van der Waals surface area contributed by atoms with E-state index in [2.05, 4.69) is 31.2 Å². The van der Waals surface area contributed by atoms with Crippen LogP contribution in [0.1, 0.15) is 16.7 Å². The molecule has 0 spiro atoms. The summed E-state index contributed by atoms with van der Waals surface area (Å²) < 4.78 is 28.8. The number of nitro groups is 1. The molecule has 0 aliphatic rings. The lowest BCUT2D eigenvalue weighted by Gasteiger charge is -2.12. The second-order valence-corrected chi connectivity index (χ2v) is 9.29. The first-order valence-electron chi connectivity index (χ1n) is 9.09. The number of nitro benzene ring substituents is 1. The van der Waals surface area contributed by atoms with Gasteiger partial charge in [0, 0.05) is 16.1 Å². The number of nitrogens with zero attached hydrogens (tertiary/aromatic N) is 2. The van der Waals surface area contributed by atoms with Crippen molar-refractivity contribution in [3.63, 3.8) is 0 Å². The molecular formula is C21H19BrN4O4S. The van der Waals surface area contributed by atoms with Crippen molar-refractivity contribution in [1.29, 1.82) is 0 Å². The van der Waals surface area contributed by atoms with Gasteiger partial charge >= 0.3 is 0 Å². The molecule has 31 heavy (non-hydrogen) atoms. The van der Waals surface area contributed by atoms with Gasteiger partial charge in [0.1, 0.15) is 5.69 Å². The zero-order valence-electron chi connectivity index (χ0n) is 16.7. The van der Waals surface area contributed by atoms with Crippen LogP contribution in [0.2, 0.25) is 0 Å². The number of rotatable bonds is 7. The maximum Gasteiger partial charge on any atom is 0.295 e. The van der Waals surface area contributed by atoms with Crippen LogP contribution in [0.5, 0.6) is 0 Å². The lowest BCUT2D eigenvalue weighted by molar-refractivity contribution is -0.384. The van der Waals surface area contributed by atoms with Crippen molar-refractivity contribution in [2.75, 3.05) is 10.1 Å². The van der Waals surface area contributed by atoms with E-state index in [1.807, 2.05) is 37.3 Å². The third-order valence-corrected chi connectivity index (χ3v) is 6.48. The lowest BCUT2D eigenvalue weighted by atomic mass is 10.1. The summed E-state index contributed by atoms with van der Waals surface area (Å²) in [6.45, 7) is 3.68. The van der Waals surface area contributed by atoms with Gasteiger partial charge in [-0.3, -0.25) is 20.3 Å². The van der Waals surface area contributed by atoms with E-state index >= 15 is 0 Å². The van der Waals surface area contributed by atoms with Crippen LogP contribution in [0.4, 0.5) is 17.1 Å². The highest BCUT2D eigenvalue weighted by atomic mass is 79.9. The minimum Gasteiger partial charge on any atom is -0.279 e. The maximum absolute atomic E-state index is 12.8. The van der Waals surface area contributed by atoms with Gasteiger partial charge in [0.15, 0.2) is 0 Å². The van der Waals surface area contributed by atoms with Gasteiger partial charge in [0.05, 0.1) is 21.7 Å². The average molecular weight is 503 g/mol. The van der Waals surface area contributed by atoms with E-state index in [-0.39, 0.29) is 10.6 Å². The van der Waals surface area contributed by atoms with Gasteiger partial charge in [0.25, 0.3) is 15.7 Å². The van der Waals surface area contributed by atoms with E-state index in [4.69, 9.17) is 0 Å². The summed E-state index contributed by atoms with van der Waals surface area (Å²) in [5.41, 5.74) is 5.19. The van der Waals surface area contributed by atoms with Crippen LogP contribution in [0.15, 0.2) is 75.1 Å². The number of hydrogen-bond acceptors (Lipinski definition) is 6. The van der Waals surface area contributed by atoms with Crippen LogP contribution in [0, 0.1) is 24.0 Å². The van der Waals surface area contributed by atoms with Crippen molar-refractivity contribution < 1.29 is 13.3 Å². The molecule has 0 aliphatic carbocycles. The lowest BCUT2D eigenvalue weighted by Crippen LogP contribution is -2.14. The molecule has 8 nitrogen and oxygen atoms in total. The Morgan fingerprint density at radius 1 is 1.03 bits per heavy atom. The number of hydrogen-bond donors (Lipinski definition) is 2. The van der Waals surface area contributed by atoms with Gasteiger partial charge in [-0.15, -0.1) is 0 Å². The molecule has 0 aliphatic heterocycles. The summed E-state index contributed by atoms with van der Waals surface area (Å²) >= 11 is 3.39. The zero-order valence-corrected chi connectivity index (χ0v) is 19.1. The van der Waals surface area contributed by atoms with Crippen molar-refractivity contribution in [2.45, 2.75) is 18.7 Å². The first-order chi connectivity index (χ1) is 14.7. The monoisotopic (exact) mass is 502 g/mol. The van der Waals surface area contributed by atoms with Crippen LogP contribution in [-0.4, -0.2) is 19.6 Å². The molecule has 3 aromatic carbocycles. The molecule has 3 rings (SSSR count). The first-order valence-corrected chi connectivity index (χ1v) is 11.4. The highest BCUT2D eigenvalue weighted by Gasteiger charge is 2.22. The van der Waals surface area contributed by atoms with Gasteiger partial charge in [-0.1, -0.05) is 51.8 Å². The molecule has 0 heterocycles. The molecule has 3 aromatic rings. The topological polar surface area (TPSA) is 114 Å². The molecule has 0 saturated heterocycles. The molecule has 0 bridgehead atoms. The minimum atomic E-state index is -4.02. The van der Waals surface area contributed by atoms with E-state index in [0.717, 1.165) is 27.2 Å². The Labute approximate surface area is 188 Å². The van der Waals surface area contributed by atoms with Crippen LogP contribution in [0.3, 0.4) is 0 Å². The standard InChI is InChI=1S/C21H19BrN4O4S/c1-14-7-9-19(15(2)11-14)25-31(29,30)17-8-10-20(21(12-17)26(27)28)24-23-13-16-5-3-4-6-18(16)22/h3-13,24-25H,1-2H3/b23-13-. The molecule has 0 fully saturated rings. The molecule has 0 saturated carbocycles. The Hall–Kier alpha value is -3.24. The molecule has 160 valence electrons. The fourth-order valence-electron chi connectivity index (χ4n) is 2.81. The van der Waals surface area contributed by atoms with Crippen molar-refractivity contribution in [3.05, 3.63) is 91.9 Å². The van der Waals surface area contributed by atoms with E-state index in [0.29, 0.717) is 5.69 Å². The number of aryl methyl sites for hydroxylation is 2. The van der Waals surface area contributed by atoms with E-state index in [9.17, 15) is 18.5 Å². The molecule has 0 radical (unpaired) electrons. The number of nitrogens with one attached hydrogen (secondary N) is 2. The Bertz CT molecular complexity index is 1280. The zero-order chi connectivity index (χ0) is 22.6. The number of halogens is 1. The Balaban J connectivity index is 1.87. The van der Waals surface area contributed by atoms with Crippen molar-refractivity contribution in [1.82, 2.24) is 0 Å². The van der Waals surface area contributed by atoms with Gasteiger partial charge in [-0.05, 0) is 43.7 Å². The highest BCUT2D eigenvalue weighted by Crippen LogP contribution is 2.29. The van der Waals surface area contributed by atoms with Crippen LogP contribution < -0.4 is 10.1 Å². The number of sulfonamides is 1. The van der Waals surface area contributed by atoms with Crippen LogP contribution in [0.25, 0.3) is 0 Å². The Morgan fingerprint density at radius 3 is 2.42 bits per heavy atom. The largest absolute Gasteiger partial charge is 0.295 e. The van der Waals surface area contributed by atoms with E-state index in [1.54, 1.807) is 19.1 Å².